The second kappa shape index (κ2) is 8.87. The molecule has 2 N–H and O–H groups in total. The fourth-order valence-electron chi connectivity index (χ4n) is 4.55. The predicted molar refractivity (Wildman–Crippen MR) is 125 cm³/mol. The zero-order chi connectivity index (χ0) is 22.7. The van der Waals surface area contributed by atoms with Crippen LogP contribution >= 0.6 is 0 Å². The molecule has 1 atom stereocenters. The van der Waals surface area contributed by atoms with E-state index >= 15 is 0 Å². The topological polar surface area (TPSA) is 72.6 Å². The molecule has 1 fully saturated rings. The van der Waals surface area contributed by atoms with Crippen molar-refractivity contribution in [2.24, 2.45) is 11.1 Å². The molecule has 164 valence electrons. The lowest BCUT2D eigenvalue weighted by Crippen LogP contribution is -2.42. The number of benzene rings is 3. The van der Waals surface area contributed by atoms with Crippen LogP contribution in [0.25, 0.3) is 11.1 Å². The molecular weight excluding hydrogens is 400 g/mol. The van der Waals surface area contributed by atoms with Gasteiger partial charge < -0.3 is 15.4 Å². The standard InChI is InChI=1S/C27H28N2O3/c1-19-7-5-9-20(15-19)24-12-4-3-8-22(24)17-27(26(28)31)13-14-29(18-27)25(30)21-10-6-11-23(16-21)32-2/h3-12,15-16H,13-14,17-18H2,1-2H3,(H2,28,31)/t27-/m1/s1. The number of rotatable bonds is 6. The molecule has 1 aliphatic rings. The molecule has 0 unspecified atom stereocenters. The molecule has 3 aromatic carbocycles. The van der Waals surface area contributed by atoms with Crippen molar-refractivity contribution >= 4 is 11.8 Å². The van der Waals surface area contributed by atoms with E-state index in [9.17, 15) is 9.59 Å². The van der Waals surface area contributed by atoms with Crippen molar-refractivity contribution in [2.45, 2.75) is 19.8 Å². The molecular formula is C27H28N2O3. The smallest absolute Gasteiger partial charge is 0.254 e. The van der Waals surface area contributed by atoms with Crippen LogP contribution < -0.4 is 10.5 Å². The molecule has 1 saturated heterocycles. The first kappa shape index (κ1) is 21.6. The molecule has 1 heterocycles. The van der Waals surface area contributed by atoms with Crippen molar-refractivity contribution in [3.8, 4) is 16.9 Å². The van der Waals surface area contributed by atoms with E-state index in [-0.39, 0.29) is 11.8 Å². The van der Waals surface area contributed by atoms with Gasteiger partial charge in [-0.05, 0) is 54.7 Å². The highest BCUT2D eigenvalue weighted by molar-refractivity contribution is 5.95. The van der Waals surface area contributed by atoms with Gasteiger partial charge in [-0.3, -0.25) is 9.59 Å². The summed E-state index contributed by atoms with van der Waals surface area (Å²) in [7, 11) is 1.57. The fourth-order valence-corrected chi connectivity index (χ4v) is 4.55. The van der Waals surface area contributed by atoms with E-state index in [0.717, 1.165) is 16.7 Å². The molecule has 4 rings (SSSR count). The molecule has 1 aliphatic heterocycles. The molecule has 32 heavy (non-hydrogen) atoms. The molecule has 5 heteroatoms. The Balaban J connectivity index is 1.62. The summed E-state index contributed by atoms with van der Waals surface area (Å²) in [6.45, 7) is 2.86. The largest absolute Gasteiger partial charge is 0.497 e. The number of carbonyl (C=O) groups is 2. The van der Waals surface area contributed by atoms with Crippen LogP contribution in [0.5, 0.6) is 5.75 Å². The molecule has 0 aliphatic carbocycles. The molecule has 3 aromatic rings. The van der Waals surface area contributed by atoms with Crippen molar-refractivity contribution < 1.29 is 14.3 Å². The number of methoxy groups -OCH3 is 1. The summed E-state index contributed by atoms with van der Waals surface area (Å²) in [5, 5.41) is 0. The molecule has 0 bridgehead atoms. The molecule has 0 spiro atoms. The van der Waals surface area contributed by atoms with Crippen molar-refractivity contribution in [2.75, 3.05) is 20.2 Å². The number of nitrogens with two attached hydrogens (primary N) is 1. The molecule has 0 saturated carbocycles. The van der Waals surface area contributed by atoms with E-state index in [0.29, 0.717) is 37.2 Å². The van der Waals surface area contributed by atoms with Gasteiger partial charge in [-0.15, -0.1) is 0 Å². The first-order chi connectivity index (χ1) is 15.4. The third-order valence-corrected chi connectivity index (χ3v) is 6.36. The first-order valence-corrected chi connectivity index (χ1v) is 10.8. The Morgan fingerprint density at radius 3 is 2.56 bits per heavy atom. The number of likely N-dealkylation sites (tertiary alicyclic amines) is 1. The lowest BCUT2D eigenvalue weighted by atomic mass is 9.78. The van der Waals surface area contributed by atoms with Crippen LogP contribution in [0.1, 0.15) is 27.9 Å². The number of hydrogen-bond acceptors (Lipinski definition) is 3. The van der Waals surface area contributed by atoms with Gasteiger partial charge in [0.1, 0.15) is 5.75 Å². The van der Waals surface area contributed by atoms with E-state index in [4.69, 9.17) is 10.5 Å². The maximum Gasteiger partial charge on any atom is 0.254 e. The van der Waals surface area contributed by atoms with E-state index in [1.54, 1.807) is 36.3 Å². The molecule has 0 aromatic heterocycles. The molecule has 5 nitrogen and oxygen atoms in total. The van der Waals surface area contributed by atoms with Gasteiger partial charge in [0.2, 0.25) is 5.91 Å². The van der Waals surface area contributed by atoms with Crippen LogP contribution in [0.3, 0.4) is 0 Å². The van der Waals surface area contributed by atoms with Crippen molar-refractivity contribution in [3.05, 3.63) is 89.5 Å². The number of aryl methyl sites for hydroxylation is 1. The minimum atomic E-state index is -0.797. The van der Waals surface area contributed by atoms with Gasteiger partial charge in [0.05, 0.1) is 12.5 Å². The Kier molecular flexibility index (Phi) is 5.99. The van der Waals surface area contributed by atoms with E-state index in [1.807, 2.05) is 18.2 Å². The predicted octanol–water partition coefficient (Wildman–Crippen LogP) is 4.23. The SMILES string of the molecule is COc1cccc(C(=O)N2CC[C@](Cc3ccccc3-c3cccc(C)c3)(C(N)=O)C2)c1. The summed E-state index contributed by atoms with van der Waals surface area (Å²) < 4.78 is 5.24. The zero-order valence-corrected chi connectivity index (χ0v) is 18.5. The third kappa shape index (κ3) is 4.24. The normalized spacial score (nSPS) is 17.9. The van der Waals surface area contributed by atoms with Gasteiger partial charge in [-0.1, -0.05) is 60.2 Å². The van der Waals surface area contributed by atoms with Crippen LogP contribution in [-0.2, 0) is 11.2 Å². The van der Waals surface area contributed by atoms with Gasteiger partial charge in [-0.25, -0.2) is 0 Å². The van der Waals surface area contributed by atoms with Gasteiger partial charge >= 0.3 is 0 Å². The lowest BCUT2D eigenvalue weighted by Gasteiger charge is -2.27. The van der Waals surface area contributed by atoms with E-state index < -0.39 is 5.41 Å². The van der Waals surface area contributed by atoms with Crippen molar-refractivity contribution in [1.29, 1.82) is 0 Å². The Morgan fingerprint density at radius 2 is 1.81 bits per heavy atom. The molecule has 2 amide bonds. The average Bonchev–Trinajstić information content (AvgIpc) is 3.24. The summed E-state index contributed by atoms with van der Waals surface area (Å²) in [5.41, 5.74) is 10.1. The number of nitrogens with zero attached hydrogens (tertiary/aromatic N) is 1. The second-order valence-electron chi connectivity index (χ2n) is 8.56. The highest BCUT2D eigenvalue weighted by atomic mass is 16.5. The first-order valence-electron chi connectivity index (χ1n) is 10.8. The molecule has 0 radical (unpaired) electrons. The van der Waals surface area contributed by atoms with E-state index in [1.165, 1.54) is 5.56 Å². The minimum absolute atomic E-state index is 0.112. The Bertz CT molecular complexity index is 1160. The van der Waals surface area contributed by atoms with Gasteiger partial charge in [-0.2, -0.15) is 0 Å². The third-order valence-electron chi connectivity index (χ3n) is 6.36. The Labute approximate surface area is 188 Å². The Morgan fingerprint density at radius 1 is 1.03 bits per heavy atom. The van der Waals surface area contributed by atoms with Gasteiger partial charge in [0.25, 0.3) is 5.91 Å². The summed E-state index contributed by atoms with van der Waals surface area (Å²) in [6.07, 6.45) is 1.04. The summed E-state index contributed by atoms with van der Waals surface area (Å²) in [5.74, 6) is 0.153. The van der Waals surface area contributed by atoms with Gasteiger partial charge in [0, 0.05) is 18.7 Å². The number of carbonyl (C=O) groups excluding carboxylic acids is 2. The van der Waals surface area contributed by atoms with Crippen LogP contribution in [0.4, 0.5) is 0 Å². The van der Waals surface area contributed by atoms with Crippen molar-refractivity contribution in [3.63, 3.8) is 0 Å². The maximum atomic E-state index is 13.1. The van der Waals surface area contributed by atoms with Crippen LogP contribution in [-0.4, -0.2) is 36.9 Å². The Hall–Kier alpha value is -3.60. The quantitative estimate of drug-likeness (QED) is 0.639. The zero-order valence-electron chi connectivity index (χ0n) is 18.5. The van der Waals surface area contributed by atoms with Gasteiger partial charge in [0.15, 0.2) is 0 Å². The van der Waals surface area contributed by atoms with Crippen LogP contribution in [0.15, 0.2) is 72.8 Å². The summed E-state index contributed by atoms with van der Waals surface area (Å²) in [6, 6.07) is 23.5. The fraction of sp³-hybridized carbons (Fsp3) is 0.259. The van der Waals surface area contributed by atoms with Crippen LogP contribution in [0, 0.1) is 12.3 Å². The number of hydrogen-bond donors (Lipinski definition) is 1. The maximum absolute atomic E-state index is 13.1. The number of primary amides is 1. The minimum Gasteiger partial charge on any atom is -0.497 e. The summed E-state index contributed by atoms with van der Waals surface area (Å²) in [4.78, 5) is 27.6. The monoisotopic (exact) mass is 428 g/mol. The number of ether oxygens (including phenoxy) is 1. The van der Waals surface area contributed by atoms with E-state index in [2.05, 4.69) is 37.3 Å². The second-order valence-corrected chi connectivity index (χ2v) is 8.56. The lowest BCUT2D eigenvalue weighted by molar-refractivity contribution is -0.126. The highest BCUT2D eigenvalue weighted by Gasteiger charge is 2.45. The summed E-state index contributed by atoms with van der Waals surface area (Å²) >= 11 is 0. The number of amides is 2. The van der Waals surface area contributed by atoms with Crippen molar-refractivity contribution in [1.82, 2.24) is 4.90 Å². The van der Waals surface area contributed by atoms with Crippen LogP contribution in [0.2, 0.25) is 0 Å². The highest BCUT2D eigenvalue weighted by Crippen LogP contribution is 2.38. The average molecular weight is 429 g/mol.